The van der Waals surface area contributed by atoms with Crippen molar-refractivity contribution in [3.05, 3.63) is 0 Å². The maximum absolute atomic E-state index is 10.8. The Bertz CT molecular complexity index is 226. The van der Waals surface area contributed by atoms with Crippen LogP contribution in [0.2, 0.25) is 0 Å². The molecule has 1 heterocycles. The van der Waals surface area contributed by atoms with E-state index in [1.165, 1.54) is 0 Å². The van der Waals surface area contributed by atoms with E-state index in [2.05, 4.69) is 5.32 Å². The van der Waals surface area contributed by atoms with Gasteiger partial charge in [0.15, 0.2) is 0 Å². The van der Waals surface area contributed by atoms with Crippen molar-refractivity contribution >= 4 is 10.0 Å². The number of hydrogen-bond donors (Lipinski definition) is 3. The number of β-amino-alcohol motifs (C(OH)–C–C–N with tert-alkyl or cyclic N) is 1. The third-order valence-corrected chi connectivity index (χ3v) is 3.04. The molecule has 1 aliphatic rings. The second-order valence-corrected chi connectivity index (χ2v) is 4.60. The monoisotopic (exact) mass is 180 g/mol. The second-order valence-electron chi connectivity index (χ2n) is 2.76. The van der Waals surface area contributed by atoms with Crippen LogP contribution in [0.5, 0.6) is 0 Å². The average molecular weight is 180 g/mol. The largest absolute Gasteiger partial charge is 0.392 e. The summed E-state index contributed by atoms with van der Waals surface area (Å²) in [7, 11) is -3.48. The predicted molar refractivity (Wildman–Crippen MR) is 40.4 cm³/mol. The topological polar surface area (TPSA) is 92.4 Å². The number of aliphatic hydroxyl groups is 1. The molecule has 0 aromatic rings. The highest BCUT2D eigenvalue weighted by Crippen LogP contribution is 2.08. The molecular formula is C5H12N2O3S. The first-order valence-electron chi connectivity index (χ1n) is 3.40. The van der Waals surface area contributed by atoms with Crippen LogP contribution in [0.15, 0.2) is 0 Å². The first kappa shape index (κ1) is 8.92. The zero-order chi connectivity index (χ0) is 8.48. The van der Waals surface area contributed by atoms with Gasteiger partial charge in [0.25, 0.3) is 0 Å². The number of hydrogen-bond acceptors (Lipinski definition) is 4. The lowest BCUT2D eigenvalue weighted by atomic mass is 10.1. The maximum Gasteiger partial charge on any atom is 0.213 e. The third kappa shape index (κ3) is 2.41. The molecule has 6 heteroatoms. The van der Waals surface area contributed by atoms with E-state index in [1.54, 1.807) is 0 Å². The van der Waals surface area contributed by atoms with Gasteiger partial charge in [-0.2, -0.15) is 0 Å². The molecule has 0 aromatic carbocycles. The van der Waals surface area contributed by atoms with Crippen LogP contribution in [0.1, 0.15) is 6.42 Å². The Labute approximate surface area is 65.6 Å². The van der Waals surface area contributed by atoms with E-state index in [0.717, 1.165) is 0 Å². The smallest absolute Gasteiger partial charge is 0.213 e. The number of nitrogens with two attached hydrogens (primary N) is 1. The van der Waals surface area contributed by atoms with Gasteiger partial charge in [0, 0.05) is 13.1 Å². The van der Waals surface area contributed by atoms with Crippen molar-refractivity contribution in [1.82, 2.24) is 5.32 Å². The summed E-state index contributed by atoms with van der Waals surface area (Å²) in [5.41, 5.74) is 0. The van der Waals surface area contributed by atoms with E-state index >= 15 is 0 Å². The van der Waals surface area contributed by atoms with Gasteiger partial charge in [-0.05, 0) is 6.42 Å². The van der Waals surface area contributed by atoms with Crippen LogP contribution in [-0.4, -0.2) is 38.0 Å². The van der Waals surface area contributed by atoms with Gasteiger partial charge in [0.1, 0.15) is 0 Å². The molecule has 2 atom stereocenters. The lowest BCUT2D eigenvalue weighted by Crippen LogP contribution is -2.47. The molecule has 0 aromatic heterocycles. The Kier molecular flexibility index (Phi) is 2.48. The quantitative estimate of drug-likeness (QED) is 0.435. The van der Waals surface area contributed by atoms with Crippen molar-refractivity contribution in [2.24, 2.45) is 5.14 Å². The van der Waals surface area contributed by atoms with E-state index in [9.17, 15) is 8.42 Å². The van der Waals surface area contributed by atoms with Crippen molar-refractivity contribution < 1.29 is 13.5 Å². The molecule has 1 aliphatic heterocycles. The van der Waals surface area contributed by atoms with Gasteiger partial charge in [0.05, 0.1) is 11.4 Å². The molecule has 4 N–H and O–H groups in total. The minimum Gasteiger partial charge on any atom is -0.392 e. The van der Waals surface area contributed by atoms with E-state index in [-0.39, 0.29) is 6.42 Å². The molecule has 5 nitrogen and oxygen atoms in total. The number of piperidine rings is 1. The molecule has 0 spiro atoms. The van der Waals surface area contributed by atoms with Crippen molar-refractivity contribution in [3.8, 4) is 0 Å². The van der Waals surface area contributed by atoms with Gasteiger partial charge in [-0.3, -0.25) is 0 Å². The summed E-state index contributed by atoms with van der Waals surface area (Å²) < 4.78 is 21.5. The van der Waals surface area contributed by atoms with Crippen molar-refractivity contribution in [2.75, 3.05) is 13.1 Å². The van der Waals surface area contributed by atoms with Crippen LogP contribution in [-0.2, 0) is 10.0 Å². The van der Waals surface area contributed by atoms with E-state index in [1.807, 2.05) is 0 Å². The summed E-state index contributed by atoms with van der Waals surface area (Å²) >= 11 is 0. The van der Waals surface area contributed by atoms with Crippen LogP contribution >= 0.6 is 0 Å². The van der Waals surface area contributed by atoms with Crippen molar-refractivity contribution in [2.45, 2.75) is 17.8 Å². The van der Waals surface area contributed by atoms with Gasteiger partial charge >= 0.3 is 0 Å². The Morgan fingerprint density at radius 2 is 2.09 bits per heavy atom. The van der Waals surface area contributed by atoms with E-state index in [0.29, 0.717) is 13.1 Å². The molecule has 0 bridgehead atoms. The zero-order valence-corrected chi connectivity index (χ0v) is 6.84. The van der Waals surface area contributed by atoms with Crippen LogP contribution in [0, 0.1) is 0 Å². The first-order chi connectivity index (χ1) is 5.00. The maximum atomic E-state index is 10.8. The summed E-state index contributed by atoms with van der Waals surface area (Å²) in [4.78, 5) is 0. The highest BCUT2D eigenvalue weighted by Gasteiger charge is 2.27. The second kappa shape index (κ2) is 3.06. The Hall–Kier alpha value is -0.170. The van der Waals surface area contributed by atoms with E-state index < -0.39 is 21.4 Å². The summed E-state index contributed by atoms with van der Waals surface area (Å²) in [6.07, 6.45) is -0.349. The van der Waals surface area contributed by atoms with Crippen LogP contribution in [0.4, 0.5) is 0 Å². The Balaban J connectivity index is 2.60. The van der Waals surface area contributed by atoms with E-state index in [4.69, 9.17) is 10.2 Å². The normalized spacial score (nSPS) is 33.6. The molecule has 1 fully saturated rings. The molecule has 0 aliphatic carbocycles. The summed E-state index contributed by atoms with van der Waals surface area (Å²) in [5.74, 6) is 0. The fourth-order valence-corrected chi connectivity index (χ4v) is 1.97. The van der Waals surface area contributed by atoms with Crippen LogP contribution in [0.3, 0.4) is 0 Å². The van der Waals surface area contributed by atoms with Crippen LogP contribution in [0.25, 0.3) is 0 Å². The number of rotatable bonds is 1. The molecular weight excluding hydrogens is 168 g/mol. The molecule has 0 unspecified atom stereocenters. The van der Waals surface area contributed by atoms with Gasteiger partial charge in [-0.25, -0.2) is 13.6 Å². The SMILES string of the molecule is NS(=O)(=O)[C@H]1CNC[C@@H](O)C1. The number of primary sulfonamides is 1. The minimum atomic E-state index is -3.48. The third-order valence-electron chi connectivity index (χ3n) is 1.75. The van der Waals surface area contributed by atoms with Gasteiger partial charge in [-0.15, -0.1) is 0 Å². The van der Waals surface area contributed by atoms with Crippen LogP contribution < -0.4 is 10.5 Å². The highest BCUT2D eigenvalue weighted by atomic mass is 32.2. The average Bonchev–Trinajstić information content (AvgIpc) is 1.86. The number of nitrogens with one attached hydrogen (secondary N) is 1. The molecule has 66 valence electrons. The number of aliphatic hydroxyl groups excluding tert-OH is 1. The fourth-order valence-electron chi connectivity index (χ4n) is 1.13. The fraction of sp³-hybridized carbons (Fsp3) is 1.00. The summed E-state index contributed by atoms with van der Waals surface area (Å²) in [6.45, 7) is 0.794. The van der Waals surface area contributed by atoms with Gasteiger partial charge < -0.3 is 10.4 Å². The highest BCUT2D eigenvalue weighted by molar-refractivity contribution is 7.89. The van der Waals surface area contributed by atoms with Gasteiger partial charge in [-0.1, -0.05) is 0 Å². The minimum absolute atomic E-state index is 0.242. The zero-order valence-electron chi connectivity index (χ0n) is 6.03. The summed E-state index contributed by atoms with van der Waals surface area (Å²) in [6, 6.07) is 0. The Morgan fingerprint density at radius 3 is 2.45 bits per heavy atom. The Morgan fingerprint density at radius 1 is 1.45 bits per heavy atom. The standard InChI is InChI=1S/C5H12N2O3S/c6-11(9,10)5-1-4(8)2-7-3-5/h4-5,7-8H,1-3H2,(H2,6,9,10)/t4-,5+/m0/s1. The lowest BCUT2D eigenvalue weighted by Gasteiger charge is -2.24. The molecule has 0 radical (unpaired) electrons. The summed E-state index contributed by atoms with van der Waals surface area (Å²) in [5, 5.41) is 16.1. The van der Waals surface area contributed by atoms with Gasteiger partial charge in [0.2, 0.25) is 10.0 Å². The van der Waals surface area contributed by atoms with Crippen molar-refractivity contribution in [3.63, 3.8) is 0 Å². The molecule has 1 saturated heterocycles. The molecule has 0 amide bonds. The first-order valence-corrected chi connectivity index (χ1v) is 5.01. The number of sulfonamides is 1. The lowest BCUT2D eigenvalue weighted by molar-refractivity contribution is 0.143. The van der Waals surface area contributed by atoms with Crippen molar-refractivity contribution in [1.29, 1.82) is 0 Å². The molecule has 11 heavy (non-hydrogen) atoms. The molecule has 0 saturated carbocycles. The predicted octanol–water partition coefficient (Wildman–Crippen LogP) is -2.00. The molecule has 1 rings (SSSR count).